The molecule has 1 aliphatic carbocycles. The third kappa shape index (κ3) is 2.25. The molecule has 1 unspecified atom stereocenters. The number of fused-ring (bicyclic) bond motifs is 2. The van der Waals surface area contributed by atoms with Crippen LogP contribution >= 0.6 is 0 Å². The maximum absolute atomic E-state index is 12.7. The van der Waals surface area contributed by atoms with Crippen LogP contribution in [0.5, 0.6) is 0 Å². The molecule has 2 heterocycles. The minimum Gasteiger partial charge on any atom is -0.481 e. The molecule has 128 valence electrons. The molecule has 8 heteroatoms. The van der Waals surface area contributed by atoms with E-state index in [4.69, 9.17) is 5.11 Å². The number of carboxylic acid groups (broad SMARTS) is 1. The van der Waals surface area contributed by atoms with Crippen molar-refractivity contribution in [3.8, 4) is 0 Å². The average Bonchev–Trinajstić information content (AvgIpc) is 3.07. The van der Waals surface area contributed by atoms with Gasteiger partial charge in [0.15, 0.2) is 0 Å². The van der Waals surface area contributed by atoms with Gasteiger partial charge < -0.3 is 5.11 Å². The van der Waals surface area contributed by atoms with E-state index in [-0.39, 0.29) is 24.0 Å². The van der Waals surface area contributed by atoms with Crippen molar-refractivity contribution in [1.29, 1.82) is 0 Å². The van der Waals surface area contributed by atoms with Crippen molar-refractivity contribution in [1.82, 2.24) is 10.2 Å². The van der Waals surface area contributed by atoms with Gasteiger partial charge in [0.1, 0.15) is 6.04 Å². The minimum absolute atomic E-state index is 0.0700. The maximum Gasteiger partial charge on any atom is 0.307 e. The summed E-state index contributed by atoms with van der Waals surface area (Å²) in [5.74, 6) is -3.67. The van der Waals surface area contributed by atoms with E-state index in [0.29, 0.717) is 12.8 Å². The quantitative estimate of drug-likeness (QED) is 0.723. The molecule has 0 bridgehead atoms. The van der Waals surface area contributed by atoms with Gasteiger partial charge in [0.2, 0.25) is 11.8 Å². The zero-order valence-corrected chi connectivity index (χ0v) is 13.1. The smallest absolute Gasteiger partial charge is 0.307 e. The highest BCUT2D eigenvalue weighted by molar-refractivity contribution is 6.23. The van der Waals surface area contributed by atoms with Gasteiger partial charge in [-0.2, -0.15) is 0 Å². The predicted octanol–water partition coefficient (Wildman–Crippen LogP) is -0.113. The fraction of sp³-hybridized carbons (Fsp3) is 0.353. The molecule has 1 atom stereocenters. The summed E-state index contributed by atoms with van der Waals surface area (Å²) < 4.78 is 0. The van der Waals surface area contributed by atoms with Gasteiger partial charge in [0, 0.05) is 6.42 Å². The summed E-state index contributed by atoms with van der Waals surface area (Å²) in [6, 6.07) is 2.14. The van der Waals surface area contributed by atoms with Crippen LogP contribution in [0.2, 0.25) is 0 Å². The Kier molecular flexibility index (Phi) is 3.24. The molecule has 1 aromatic carbocycles. The number of hydrogen-bond acceptors (Lipinski definition) is 5. The van der Waals surface area contributed by atoms with Gasteiger partial charge >= 0.3 is 5.97 Å². The number of imide groups is 2. The van der Waals surface area contributed by atoms with Crippen molar-refractivity contribution in [2.45, 2.75) is 31.7 Å². The van der Waals surface area contributed by atoms with E-state index >= 15 is 0 Å². The number of carboxylic acids is 1. The molecule has 3 aliphatic rings. The molecule has 0 radical (unpaired) electrons. The van der Waals surface area contributed by atoms with E-state index in [1.54, 1.807) is 12.1 Å². The van der Waals surface area contributed by atoms with Crippen molar-refractivity contribution in [2.24, 2.45) is 5.92 Å². The number of nitrogens with zero attached hydrogens (tertiary/aromatic N) is 1. The lowest BCUT2D eigenvalue weighted by molar-refractivity contribution is -0.141. The van der Waals surface area contributed by atoms with E-state index < -0.39 is 41.6 Å². The van der Waals surface area contributed by atoms with Crippen LogP contribution in [-0.2, 0) is 27.2 Å². The molecule has 4 rings (SSSR count). The van der Waals surface area contributed by atoms with Crippen LogP contribution in [0.15, 0.2) is 12.1 Å². The third-order valence-electron chi connectivity index (χ3n) is 5.04. The minimum atomic E-state index is -0.994. The van der Waals surface area contributed by atoms with E-state index in [2.05, 4.69) is 5.32 Å². The van der Waals surface area contributed by atoms with E-state index in [9.17, 15) is 24.0 Å². The molecular formula is C17H14N2O6. The van der Waals surface area contributed by atoms with Gasteiger partial charge in [-0.05, 0) is 42.5 Å². The van der Waals surface area contributed by atoms with Crippen molar-refractivity contribution in [2.75, 3.05) is 0 Å². The van der Waals surface area contributed by atoms with Gasteiger partial charge in [0.25, 0.3) is 11.8 Å². The highest BCUT2D eigenvalue weighted by Crippen LogP contribution is 2.34. The lowest BCUT2D eigenvalue weighted by atomic mass is 10.0. The Morgan fingerprint density at radius 3 is 2.08 bits per heavy atom. The molecule has 8 nitrogen and oxygen atoms in total. The normalized spacial score (nSPS) is 22.9. The van der Waals surface area contributed by atoms with Crippen molar-refractivity contribution < 1.29 is 29.1 Å². The summed E-state index contributed by atoms with van der Waals surface area (Å²) in [6.07, 6.45) is 0.813. The Balaban J connectivity index is 1.67. The summed E-state index contributed by atoms with van der Waals surface area (Å²) in [7, 11) is 0. The molecular weight excluding hydrogens is 328 g/mol. The van der Waals surface area contributed by atoms with Gasteiger partial charge in [-0.1, -0.05) is 0 Å². The first-order valence-corrected chi connectivity index (χ1v) is 7.97. The van der Waals surface area contributed by atoms with Gasteiger partial charge in [-0.25, -0.2) is 0 Å². The Labute approximate surface area is 141 Å². The summed E-state index contributed by atoms with van der Waals surface area (Å²) in [6.45, 7) is 0. The Hall–Kier alpha value is -3.03. The average molecular weight is 342 g/mol. The molecule has 0 saturated carbocycles. The van der Waals surface area contributed by atoms with Crippen LogP contribution in [0.4, 0.5) is 0 Å². The molecule has 25 heavy (non-hydrogen) atoms. The van der Waals surface area contributed by atoms with E-state index in [0.717, 1.165) is 16.0 Å². The van der Waals surface area contributed by atoms with E-state index in [1.807, 2.05) is 0 Å². The molecule has 2 aliphatic heterocycles. The Morgan fingerprint density at radius 1 is 1.04 bits per heavy atom. The second kappa shape index (κ2) is 5.23. The monoisotopic (exact) mass is 342 g/mol. The SMILES string of the molecule is O=C1CCC(N2C(=O)c3cc4c(cc3C2=O)CC(C(=O)O)C4)C(=O)N1. The summed E-state index contributed by atoms with van der Waals surface area (Å²) in [5.41, 5.74) is 1.88. The fourth-order valence-corrected chi connectivity index (χ4v) is 3.76. The predicted molar refractivity (Wildman–Crippen MR) is 81.6 cm³/mol. The third-order valence-corrected chi connectivity index (χ3v) is 5.04. The second-order valence-corrected chi connectivity index (χ2v) is 6.56. The molecule has 0 aromatic heterocycles. The van der Waals surface area contributed by atoms with Gasteiger partial charge in [-0.15, -0.1) is 0 Å². The summed E-state index contributed by atoms with van der Waals surface area (Å²) >= 11 is 0. The number of carbonyl (C=O) groups excluding carboxylic acids is 4. The standard InChI is InChI=1S/C17H14N2O6/c20-13-2-1-12(14(21)18-13)19-15(22)10-5-7-3-9(17(24)25)4-8(7)6-11(10)16(19)23/h5-6,9,12H,1-4H2,(H,24,25)(H,18,20,21). The lowest BCUT2D eigenvalue weighted by Crippen LogP contribution is -2.54. The largest absolute Gasteiger partial charge is 0.481 e. The molecule has 0 spiro atoms. The topological polar surface area (TPSA) is 121 Å². The lowest BCUT2D eigenvalue weighted by Gasteiger charge is -2.27. The number of amides is 4. The highest BCUT2D eigenvalue weighted by atomic mass is 16.4. The molecule has 1 saturated heterocycles. The summed E-state index contributed by atoms with van der Waals surface area (Å²) in [4.78, 5) is 60.7. The second-order valence-electron chi connectivity index (χ2n) is 6.56. The number of benzene rings is 1. The van der Waals surface area contributed by atoms with Crippen molar-refractivity contribution >= 4 is 29.6 Å². The number of nitrogens with one attached hydrogen (secondary N) is 1. The zero-order chi connectivity index (χ0) is 17.9. The highest BCUT2D eigenvalue weighted by Gasteiger charge is 2.45. The van der Waals surface area contributed by atoms with Crippen molar-refractivity contribution in [3.05, 3.63) is 34.4 Å². The van der Waals surface area contributed by atoms with Crippen LogP contribution in [0.3, 0.4) is 0 Å². The Morgan fingerprint density at radius 2 is 1.60 bits per heavy atom. The number of rotatable bonds is 2. The van der Waals surface area contributed by atoms with Crippen molar-refractivity contribution in [3.63, 3.8) is 0 Å². The zero-order valence-electron chi connectivity index (χ0n) is 13.1. The van der Waals surface area contributed by atoms with Crippen LogP contribution in [0.1, 0.15) is 44.7 Å². The molecule has 1 aromatic rings. The van der Waals surface area contributed by atoms with Crippen LogP contribution in [-0.4, -0.2) is 45.6 Å². The van der Waals surface area contributed by atoms with Gasteiger partial charge in [0.05, 0.1) is 17.0 Å². The molecule has 1 fully saturated rings. The summed E-state index contributed by atoms with van der Waals surface area (Å²) in [5, 5.41) is 11.3. The van der Waals surface area contributed by atoms with E-state index in [1.165, 1.54) is 0 Å². The first-order valence-electron chi connectivity index (χ1n) is 7.97. The maximum atomic E-state index is 12.7. The van der Waals surface area contributed by atoms with Gasteiger partial charge in [-0.3, -0.25) is 34.2 Å². The number of hydrogen-bond donors (Lipinski definition) is 2. The number of piperidine rings is 1. The fourth-order valence-electron chi connectivity index (χ4n) is 3.76. The number of carbonyl (C=O) groups is 5. The van der Waals surface area contributed by atoms with Crippen LogP contribution < -0.4 is 5.32 Å². The molecule has 2 N–H and O–H groups in total. The molecule has 4 amide bonds. The van der Waals surface area contributed by atoms with Crippen LogP contribution in [0, 0.1) is 5.92 Å². The first kappa shape index (κ1) is 15.5. The first-order chi connectivity index (χ1) is 11.9. The Bertz CT molecular complexity index is 829. The van der Waals surface area contributed by atoms with Crippen LogP contribution in [0.25, 0.3) is 0 Å². The number of aliphatic carboxylic acids is 1.